The van der Waals surface area contributed by atoms with Crippen LogP contribution in [0.3, 0.4) is 0 Å². The summed E-state index contributed by atoms with van der Waals surface area (Å²) in [5.74, 6) is 0.315. The fraction of sp³-hybridized carbons (Fsp3) is 0.895. The van der Waals surface area contributed by atoms with Crippen molar-refractivity contribution < 1.29 is 19.1 Å². The van der Waals surface area contributed by atoms with Gasteiger partial charge in [0.25, 0.3) is 0 Å². The molecule has 0 aliphatic heterocycles. The highest BCUT2D eigenvalue weighted by molar-refractivity contribution is 5.72. The lowest BCUT2D eigenvalue weighted by Gasteiger charge is -2.19. The molecule has 0 aliphatic carbocycles. The van der Waals surface area contributed by atoms with E-state index in [2.05, 4.69) is 27.7 Å². The molecule has 4 heteroatoms. The third-order valence-corrected chi connectivity index (χ3v) is 4.33. The molecule has 0 bridgehead atoms. The third-order valence-electron chi connectivity index (χ3n) is 4.33. The highest BCUT2D eigenvalue weighted by atomic mass is 16.5. The van der Waals surface area contributed by atoms with Crippen molar-refractivity contribution in [1.29, 1.82) is 0 Å². The van der Waals surface area contributed by atoms with Crippen molar-refractivity contribution in [3.63, 3.8) is 0 Å². The largest absolute Gasteiger partial charge is 0.466 e. The molecule has 0 saturated heterocycles. The second-order valence-electron chi connectivity index (χ2n) is 6.21. The molecular formula is C19H36O4. The third kappa shape index (κ3) is 12.1. The summed E-state index contributed by atoms with van der Waals surface area (Å²) in [4.78, 5) is 23.3. The van der Waals surface area contributed by atoms with Gasteiger partial charge in [0.2, 0.25) is 0 Å². The molecule has 0 saturated carbocycles. The van der Waals surface area contributed by atoms with E-state index in [1.54, 1.807) is 0 Å². The maximum absolute atomic E-state index is 11.9. The van der Waals surface area contributed by atoms with Crippen molar-refractivity contribution in [1.82, 2.24) is 0 Å². The summed E-state index contributed by atoms with van der Waals surface area (Å²) < 4.78 is 10.6. The van der Waals surface area contributed by atoms with Crippen molar-refractivity contribution in [2.45, 2.75) is 98.0 Å². The number of ether oxygens (including phenoxy) is 2. The van der Waals surface area contributed by atoms with Gasteiger partial charge in [0, 0.05) is 12.8 Å². The Balaban J connectivity index is 3.86. The van der Waals surface area contributed by atoms with Gasteiger partial charge in [0.1, 0.15) is 6.10 Å². The topological polar surface area (TPSA) is 52.6 Å². The highest BCUT2D eigenvalue weighted by Crippen LogP contribution is 2.19. The molecule has 0 fully saturated rings. The summed E-state index contributed by atoms with van der Waals surface area (Å²) >= 11 is 0. The van der Waals surface area contributed by atoms with Gasteiger partial charge in [0.05, 0.1) is 6.61 Å². The zero-order valence-electron chi connectivity index (χ0n) is 15.6. The van der Waals surface area contributed by atoms with Gasteiger partial charge in [-0.2, -0.15) is 0 Å². The molecule has 1 unspecified atom stereocenters. The predicted octanol–water partition coefficient (Wildman–Crippen LogP) is 5.04. The minimum Gasteiger partial charge on any atom is -0.466 e. The average Bonchev–Trinajstić information content (AvgIpc) is 2.54. The number of hydrogen-bond donors (Lipinski definition) is 0. The maximum atomic E-state index is 11.9. The normalized spacial score (nSPS) is 12.2. The van der Waals surface area contributed by atoms with Crippen LogP contribution in [0.5, 0.6) is 0 Å². The van der Waals surface area contributed by atoms with Gasteiger partial charge in [-0.3, -0.25) is 9.59 Å². The van der Waals surface area contributed by atoms with Crippen molar-refractivity contribution in [2.24, 2.45) is 5.92 Å². The lowest BCUT2D eigenvalue weighted by molar-refractivity contribution is -0.150. The lowest BCUT2D eigenvalue weighted by atomic mass is 9.95. The molecule has 4 nitrogen and oxygen atoms in total. The zero-order valence-corrected chi connectivity index (χ0v) is 15.6. The van der Waals surface area contributed by atoms with Crippen molar-refractivity contribution in [3.05, 3.63) is 0 Å². The Morgan fingerprint density at radius 2 is 1.48 bits per heavy atom. The first-order valence-corrected chi connectivity index (χ1v) is 9.42. The Hall–Kier alpha value is -1.06. The van der Waals surface area contributed by atoms with Crippen LogP contribution in [-0.2, 0) is 19.1 Å². The lowest BCUT2D eigenvalue weighted by Crippen LogP contribution is -2.19. The first-order valence-electron chi connectivity index (χ1n) is 9.42. The van der Waals surface area contributed by atoms with Gasteiger partial charge in [-0.05, 0) is 38.0 Å². The Morgan fingerprint density at radius 3 is 2.04 bits per heavy atom. The van der Waals surface area contributed by atoms with Crippen LogP contribution in [0.15, 0.2) is 0 Å². The van der Waals surface area contributed by atoms with Crippen LogP contribution in [0.1, 0.15) is 91.9 Å². The molecule has 0 aromatic heterocycles. The molecule has 0 aromatic carbocycles. The van der Waals surface area contributed by atoms with Crippen LogP contribution in [0.25, 0.3) is 0 Å². The fourth-order valence-electron chi connectivity index (χ4n) is 2.49. The predicted molar refractivity (Wildman–Crippen MR) is 93.2 cm³/mol. The first-order chi connectivity index (χ1) is 11.1. The summed E-state index contributed by atoms with van der Waals surface area (Å²) in [5, 5.41) is 0. The number of rotatable bonds is 14. The summed E-state index contributed by atoms with van der Waals surface area (Å²) in [6.07, 6.45) is 8.28. The zero-order chi connectivity index (χ0) is 17.5. The number of carbonyl (C=O) groups is 2. The Bertz CT molecular complexity index is 310. The second-order valence-corrected chi connectivity index (χ2v) is 6.21. The minimum absolute atomic E-state index is 0.0135. The molecule has 0 spiro atoms. The molecule has 0 aromatic rings. The molecule has 0 N–H and O–H groups in total. The van der Waals surface area contributed by atoms with E-state index in [1.807, 2.05) is 0 Å². The van der Waals surface area contributed by atoms with E-state index in [-0.39, 0.29) is 18.0 Å². The Morgan fingerprint density at radius 1 is 0.826 bits per heavy atom. The SMILES string of the molecule is CCCCOC(=O)CCCC(=O)OC(CC)CCC(CC)CC. The number of esters is 2. The van der Waals surface area contributed by atoms with Crippen LogP contribution in [-0.4, -0.2) is 24.6 Å². The Kier molecular flexibility index (Phi) is 13.9. The minimum atomic E-state index is -0.216. The monoisotopic (exact) mass is 328 g/mol. The van der Waals surface area contributed by atoms with Gasteiger partial charge in [-0.15, -0.1) is 0 Å². The number of carbonyl (C=O) groups excluding carboxylic acids is 2. The van der Waals surface area contributed by atoms with Gasteiger partial charge in [-0.25, -0.2) is 0 Å². The van der Waals surface area contributed by atoms with Gasteiger partial charge >= 0.3 is 11.9 Å². The summed E-state index contributed by atoms with van der Waals surface area (Å²) in [5.41, 5.74) is 0. The molecule has 0 amide bonds. The Labute approximate surface area is 142 Å². The van der Waals surface area contributed by atoms with E-state index in [1.165, 1.54) is 12.8 Å². The number of unbranched alkanes of at least 4 members (excludes halogenated alkanes) is 1. The second kappa shape index (κ2) is 14.5. The smallest absolute Gasteiger partial charge is 0.306 e. The van der Waals surface area contributed by atoms with E-state index in [0.29, 0.717) is 25.9 Å². The summed E-state index contributed by atoms with van der Waals surface area (Å²) in [6.45, 7) is 9.00. The van der Waals surface area contributed by atoms with Gasteiger partial charge < -0.3 is 9.47 Å². The van der Waals surface area contributed by atoms with Crippen molar-refractivity contribution >= 4 is 11.9 Å². The number of hydrogen-bond acceptors (Lipinski definition) is 4. The van der Waals surface area contributed by atoms with Crippen LogP contribution < -0.4 is 0 Å². The summed E-state index contributed by atoms with van der Waals surface area (Å²) in [7, 11) is 0. The molecule has 23 heavy (non-hydrogen) atoms. The van der Waals surface area contributed by atoms with E-state index in [0.717, 1.165) is 38.0 Å². The van der Waals surface area contributed by atoms with Crippen LogP contribution in [0.4, 0.5) is 0 Å². The van der Waals surface area contributed by atoms with Crippen LogP contribution >= 0.6 is 0 Å². The fourth-order valence-corrected chi connectivity index (χ4v) is 2.49. The highest BCUT2D eigenvalue weighted by Gasteiger charge is 2.15. The van der Waals surface area contributed by atoms with Gasteiger partial charge in [0.15, 0.2) is 0 Å². The molecular weight excluding hydrogens is 292 g/mol. The van der Waals surface area contributed by atoms with E-state index in [9.17, 15) is 9.59 Å². The van der Waals surface area contributed by atoms with E-state index >= 15 is 0 Å². The molecule has 0 aliphatic rings. The molecule has 1 atom stereocenters. The van der Waals surface area contributed by atoms with Crippen LogP contribution in [0.2, 0.25) is 0 Å². The quantitative estimate of drug-likeness (QED) is 0.331. The summed E-state index contributed by atoms with van der Waals surface area (Å²) in [6, 6.07) is 0. The van der Waals surface area contributed by atoms with Crippen molar-refractivity contribution in [3.8, 4) is 0 Å². The maximum Gasteiger partial charge on any atom is 0.306 e. The van der Waals surface area contributed by atoms with Crippen LogP contribution in [0, 0.1) is 5.92 Å². The average molecular weight is 328 g/mol. The molecule has 0 radical (unpaired) electrons. The molecule has 0 heterocycles. The molecule has 136 valence electrons. The van der Waals surface area contributed by atoms with Gasteiger partial charge in [-0.1, -0.05) is 47.0 Å². The van der Waals surface area contributed by atoms with E-state index < -0.39 is 0 Å². The molecule has 0 rings (SSSR count). The standard InChI is InChI=1S/C19H36O4/c1-5-9-15-22-18(20)11-10-12-19(21)23-17(8-4)14-13-16(6-2)7-3/h16-17H,5-15H2,1-4H3. The first kappa shape index (κ1) is 21.9. The van der Waals surface area contributed by atoms with E-state index in [4.69, 9.17) is 9.47 Å². The van der Waals surface area contributed by atoms with Crippen molar-refractivity contribution in [2.75, 3.05) is 6.61 Å².